The highest BCUT2D eigenvalue weighted by molar-refractivity contribution is 7.86. The third-order valence-corrected chi connectivity index (χ3v) is 8.90. The van der Waals surface area contributed by atoms with E-state index in [4.69, 9.17) is 10.2 Å². The molecule has 0 spiro atoms. The Balaban J connectivity index is 1.36. The van der Waals surface area contributed by atoms with Crippen LogP contribution >= 0.6 is 0 Å². The van der Waals surface area contributed by atoms with Gasteiger partial charge >= 0.3 is 0 Å². The molecule has 0 radical (unpaired) electrons. The zero-order valence-corrected chi connectivity index (χ0v) is 21.9. The summed E-state index contributed by atoms with van der Waals surface area (Å²) in [6.45, 7) is 5.32. The Morgan fingerprint density at radius 2 is 1.97 bits per heavy atom. The molecule has 4 N–H and O–H groups in total. The van der Waals surface area contributed by atoms with Crippen LogP contribution in [0.2, 0.25) is 0 Å². The standard InChI is InChI=1S/C25H33N9O2S/c1-3-19-8-17(9-20(4-2)34(19)37(36)33-13-16(12-26)14-33)28-25-21-6-5-7-27-22(21)11-23(30-25)29-24-10-18(15-35)31-32-24/h5-7,10-11,16-17,19-20,35H,3-4,8-9,13-15H2,1-2H3,(H3,28,29,30,31,32)/t17-,19-,20+,37?. The Morgan fingerprint density at radius 1 is 1.22 bits per heavy atom. The molecule has 2 aliphatic heterocycles. The largest absolute Gasteiger partial charge is 0.578 e. The molecule has 2 aliphatic rings. The van der Waals surface area contributed by atoms with Gasteiger partial charge in [-0.05, 0) is 37.8 Å². The molecule has 1 unspecified atom stereocenters. The fraction of sp³-hybridized carbons (Fsp3) is 0.520. The third kappa shape index (κ3) is 5.37. The van der Waals surface area contributed by atoms with Crippen molar-refractivity contribution in [2.45, 2.75) is 64.3 Å². The van der Waals surface area contributed by atoms with Gasteiger partial charge in [-0.3, -0.25) is 10.1 Å². The number of hydrogen-bond acceptors (Lipinski definition) is 10. The van der Waals surface area contributed by atoms with E-state index in [2.05, 4.69) is 50.0 Å². The minimum absolute atomic E-state index is 0.0196. The summed E-state index contributed by atoms with van der Waals surface area (Å²) in [6.07, 6.45) is 5.22. The smallest absolute Gasteiger partial charge is 0.153 e. The highest BCUT2D eigenvalue weighted by Crippen LogP contribution is 2.35. The molecule has 37 heavy (non-hydrogen) atoms. The zero-order valence-electron chi connectivity index (χ0n) is 21.1. The molecule has 0 aliphatic carbocycles. The summed E-state index contributed by atoms with van der Waals surface area (Å²) in [5, 5.41) is 33.2. The van der Waals surface area contributed by atoms with Crippen LogP contribution in [-0.2, 0) is 18.2 Å². The first-order valence-electron chi connectivity index (χ1n) is 12.8. The number of H-pyrrole nitrogens is 1. The zero-order chi connectivity index (χ0) is 25.9. The summed E-state index contributed by atoms with van der Waals surface area (Å²) in [6, 6.07) is 10.3. The van der Waals surface area contributed by atoms with Crippen LogP contribution in [0.3, 0.4) is 0 Å². The molecule has 12 heteroatoms. The predicted molar refractivity (Wildman–Crippen MR) is 143 cm³/mol. The Morgan fingerprint density at radius 3 is 2.62 bits per heavy atom. The van der Waals surface area contributed by atoms with Gasteiger partial charge in [0.25, 0.3) is 0 Å². The lowest BCUT2D eigenvalue weighted by molar-refractivity contribution is 0.135. The van der Waals surface area contributed by atoms with Crippen LogP contribution in [0.25, 0.3) is 10.9 Å². The average molecular weight is 524 g/mol. The second kappa shape index (κ2) is 11.2. The fourth-order valence-electron chi connectivity index (χ4n) is 5.19. The highest BCUT2D eigenvalue weighted by atomic mass is 32.2. The van der Waals surface area contributed by atoms with Gasteiger partial charge < -0.3 is 20.3 Å². The number of hydrogen-bond donors (Lipinski definition) is 4. The number of nitrogens with one attached hydrogen (secondary N) is 3. The van der Waals surface area contributed by atoms with Gasteiger partial charge in [0.15, 0.2) is 5.82 Å². The maximum Gasteiger partial charge on any atom is 0.153 e. The fourth-order valence-corrected chi connectivity index (χ4v) is 7.05. The van der Waals surface area contributed by atoms with E-state index in [9.17, 15) is 9.66 Å². The Bertz CT molecular complexity index is 1240. The summed E-state index contributed by atoms with van der Waals surface area (Å²) < 4.78 is 17.5. The van der Waals surface area contributed by atoms with Gasteiger partial charge in [-0.25, -0.2) is 4.98 Å². The van der Waals surface area contributed by atoms with E-state index < -0.39 is 11.5 Å². The van der Waals surface area contributed by atoms with Gasteiger partial charge in [0, 0.05) is 29.8 Å². The minimum Gasteiger partial charge on any atom is -0.578 e. The summed E-state index contributed by atoms with van der Waals surface area (Å²) in [4.78, 5) is 9.40. The third-order valence-electron chi connectivity index (χ3n) is 7.20. The first kappa shape index (κ1) is 25.7. The monoisotopic (exact) mass is 523 g/mol. The lowest BCUT2D eigenvalue weighted by atomic mass is 9.91. The number of aromatic nitrogens is 4. The second-order valence-corrected chi connectivity index (χ2v) is 11.1. The number of nitriles is 1. The molecule has 3 aromatic rings. The van der Waals surface area contributed by atoms with E-state index in [1.54, 1.807) is 12.3 Å². The summed E-state index contributed by atoms with van der Waals surface area (Å²) in [5.74, 6) is 1.89. The van der Waals surface area contributed by atoms with Crippen LogP contribution in [0.1, 0.15) is 45.2 Å². The van der Waals surface area contributed by atoms with Crippen molar-refractivity contribution in [2.24, 2.45) is 5.92 Å². The Labute approximate surface area is 219 Å². The van der Waals surface area contributed by atoms with Gasteiger partial charge in [-0.1, -0.05) is 13.8 Å². The van der Waals surface area contributed by atoms with Gasteiger partial charge in [0.1, 0.15) is 23.2 Å². The molecule has 3 aromatic heterocycles. The number of aliphatic hydroxyl groups excluding tert-OH is 1. The van der Waals surface area contributed by atoms with E-state index in [1.165, 1.54) is 0 Å². The molecule has 11 nitrogen and oxygen atoms in total. The molecule has 2 fully saturated rings. The second-order valence-electron chi connectivity index (χ2n) is 9.69. The van der Waals surface area contributed by atoms with Crippen molar-refractivity contribution < 1.29 is 9.66 Å². The molecular formula is C25H33N9O2S. The topological polar surface area (TPSA) is 152 Å². The number of fused-ring (bicyclic) bond motifs is 1. The van der Waals surface area contributed by atoms with Gasteiger partial charge in [-0.15, -0.1) is 8.61 Å². The lowest BCUT2D eigenvalue weighted by Gasteiger charge is -2.47. The van der Waals surface area contributed by atoms with Crippen molar-refractivity contribution in [1.82, 2.24) is 28.8 Å². The van der Waals surface area contributed by atoms with Gasteiger partial charge in [-0.2, -0.15) is 10.4 Å². The Kier molecular flexibility index (Phi) is 7.78. The molecule has 4 atom stereocenters. The molecule has 5 rings (SSSR count). The number of pyridine rings is 2. The molecule has 0 bridgehead atoms. The van der Waals surface area contributed by atoms with E-state index >= 15 is 0 Å². The summed E-state index contributed by atoms with van der Waals surface area (Å²) in [7, 11) is 0. The van der Waals surface area contributed by atoms with Gasteiger partial charge in [0.2, 0.25) is 0 Å². The van der Waals surface area contributed by atoms with Gasteiger partial charge in [0.05, 0.1) is 55.0 Å². The van der Waals surface area contributed by atoms with Crippen molar-refractivity contribution in [3.63, 3.8) is 0 Å². The number of nitrogens with zero attached hydrogens (tertiary/aromatic N) is 6. The lowest BCUT2D eigenvalue weighted by Crippen LogP contribution is -2.62. The number of rotatable bonds is 9. The van der Waals surface area contributed by atoms with Crippen molar-refractivity contribution in [1.29, 1.82) is 5.26 Å². The predicted octanol–water partition coefficient (Wildman–Crippen LogP) is 3.06. The molecule has 2 saturated heterocycles. The SMILES string of the molecule is CC[C@@H]1C[C@@H](Nc2nc(Nc3cc(CO)[nH]n3)cc3ncccc23)C[C@H](CC)N1[S+]([O-])N1CC(C#N)C1. The van der Waals surface area contributed by atoms with E-state index in [0.29, 0.717) is 30.4 Å². The number of aliphatic hydroxyl groups is 1. The molecule has 0 saturated carbocycles. The number of anilines is 3. The molecule has 0 aromatic carbocycles. The van der Waals surface area contributed by atoms with Crippen molar-refractivity contribution >= 4 is 39.9 Å². The molecule has 196 valence electrons. The molecule has 5 heterocycles. The van der Waals surface area contributed by atoms with Crippen molar-refractivity contribution in [2.75, 3.05) is 23.7 Å². The van der Waals surface area contributed by atoms with Crippen LogP contribution in [-0.4, -0.2) is 69.7 Å². The van der Waals surface area contributed by atoms with Crippen molar-refractivity contribution in [3.05, 3.63) is 36.2 Å². The van der Waals surface area contributed by atoms with E-state index in [0.717, 1.165) is 42.4 Å². The molecular weight excluding hydrogens is 490 g/mol. The average Bonchev–Trinajstić information content (AvgIpc) is 3.34. The molecule has 0 amide bonds. The van der Waals surface area contributed by atoms with E-state index in [1.807, 2.05) is 22.5 Å². The Hall–Kier alpha value is -2.95. The maximum atomic E-state index is 13.4. The van der Waals surface area contributed by atoms with E-state index in [-0.39, 0.29) is 30.7 Å². The van der Waals surface area contributed by atoms with Crippen LogP contribution in [0, 0.1) is 17.2 Å². The highest BCUT2D eigenvalue weighted by Gasteiger charge is 2.47. The summed E-state index contributed by atoms with van der Waals surface area (Å²) in [5.41, 5.74) is 1.42. The quantitative estimate of drug-likeness (QED) is 0.308. The van der Waals surface area contributed by atoms with Crippen LogP contribution in [0.15, 0.2) is 30.5 Å². The number of piperidine rings is 1. The van der Waals surface area contributed by atoms with Crippen molar-refractivity contribution in [3.8, 4) is 6.07 Å². The van der Waals surface area contributed by atoms with Crippen LogP contribution in [0.5, 0.6) is 0 Å². The minimum atomic E-state index is -1.23. The first-order valence-corrected chi connectivity index (χ1v) is 13.9. The van der Waals surface area contributed by atoms with Crippen LogP contribution < -0.4 is 10.6 Å². The normalized spacial score (nSPS) is 23.9. The number of aromatic amines is 1. The maximum absolute atomic E-state index is 13.4. The van der Waals surface area contributed by atoms with Crippen LogP contribution in [0.4, 0.5) is 17.5 Å². The first-order chi connectivity index (χ1) is 18.0. The summed E-state index contributed by atoms with van der Waals surface area (Å²) >= 11 is -1.23.